The molecule has 3 aliphatic rings. The first kappa shape index (κ1) is 33.8. The van der Waals surface area contributed by atoms with Crippen LogP contribution in [0.3, 0.4) is 0 Å². The number of aliphatic hydroxyl groups excluding tert-OH is 1. The highest BCUT2D eigenvalue weighted by Crippen LogP contribution is 2.52. The van der Waals surface area contributed by atoms with Gasteiger partial charge < -0.3 is 20.1 Å². The minimum Gasteiger partial charge on any atom is -0.456 e. The molecule has 3 heterocycles. The molecule has 2 saturated heterocycles. The molecule has 0 spiro atoms. The van der Waals surface area contributed by atoms with Crippen LogP contribution in [0.15, 0.2) is 34.9 Å². The van der Waals surface area contributed by atoms with Gasteiger partial charge in [0.05, 0.1) is 23.0 Å². The number of rotatable bonds is 10. The number of carbonyl (C=O) groups is 2. The monoisotopic (exact) mass is 653 g/mol. The molecule has 17 nitrogen and oxygen atoms in total. The number of ether oxygens (including phenoxy) is 1. The van der Waals surface area contributed by atoms with Crippen LogP contribution >= 0.6 is 11.8 Å². The minimum atomic E-state index is -4.67. The summed E-state index contributed by atoms with van der Waals surface area (Å²) in [7, 11) is -8.48. The van der Waals surface area contributed by atoms with Gasteiger partial charge in [0.25, 0.3) is 15.9 Å². The van der Waals surface area contributed by atoms with Crippen LogP contribution in [-0.4, -0.2) is 89.3 Å². The summed E-state index contributed by atoms with van der Waals surface area (Å²) in [4.78, 5) is 38.6. The maximum Gasteiger partial charge on any atom is 0.394 e. The number of nitrogens with zero attached hydrogens (tertiary/aromatic N) is 2. The van der Waals surface area contributed by atoms with E-state index in [-0.39, 0.29) is 53.7 Å². The van der Waals surface area contributed by atoms with Crippen molar-refractivity contribution in [3.05, 3.63) is 50.5 Å². The first-order valence-electron chi connectivity index (χ1n) is 12.4. The third-order valence-corrected chi connectivity index (χ3v) is 8.91. The average molecular weight is 654 g/mol. The van der Waals surface area contributed by atoms with Crippen LogP contribution in [0.5, 0.6) is 0 Å². The summed E-state index contributed by atoms with van der Waals surface area (Å²) in [6, 6.07) is 5.11. The Morgan fingerprint density at radius 3 is 2.40 bits per heavy atom. The van der Waals surface area contributed by atoms with E-state index in [1.165, 1.54) is 40.9 Å². The average Bonchev–Trinajstić information content (AvgIpc) is 3.41. The number of β-lactam (4-membered cyclic amide) rings is 1. The number of aliphatic hydroxyl groups is 1. The van der Waals surface area contributed by atoms with Crippen molar-refractivity contribution < 1.29 is 50.3 Å². The number of nitrogens with one attached hydrogen (secondary N) is 2. The Morgan fingerprint density at radius 2 is 1.88 bits per heavy atom. The number of nitro groups is 1. The molecule has 42 heavy (non-hydrogen) atoms. The zero-order valence-corrected chi connectivity index (χ0v) is 24.8. The molecule has 1 amide bonds. The quantitative estimate of drug-likeness (QED) is 0.0600. The predicted molar refractivity (Wildman–Crippen MR) is 148 cm³/mol. The van der Waals surface area contributed by atoms with Crippen LogP contribution < -0.4 is 15.2 Å². The van der Waals surface area contributed by atoms with Gasteiger partial charge in [-0.2, -0.15) is 16.8 Å². The van der Waals surface area contributed by atoms with Gasteiger partial charge in [0, 0.05) is 47.3 Å². The third kappa shape index (κ3) is 8.67. The molecular formula is C22H31N5O12S3. The van der Waals surface area contributed by atoms with Crippen molar-refractivity contribution in [2.75, 3.05) is 13.1 Å². The Balaban J connectivity index is 0.000000892. The second kappa shape index (κ2) is 13.3. The zero-order chi connectivity index (χ0) is 31.6. The summed E-state index contributed by atoms with van der Waals surface area (Å²) in [5.41, 5.74) is 0.623. The molecule has 20 heteroatoms. The van der Waals surface area contributed by atoms with Crippen molar-refractivity contribution in [1.82, 2.24) is 14.9 Å². The van der Waals surface area contributed by atoms with Crippen LogP contribution in [0.4, 0.5) is 5.69 Å². The third-order valence-electron chi connectivity index (χ3n) is 6.83. The van der Waals surface area contributed by atoms with Crippen molar-refractivity contribution in [3.8, 4) is 0 Å². The second-order valence-electron chi connectivity index (χ2n) is 9.89. The molecule has 2 fully saturated rings. The van der Waals surface area contributed by atoms with Gasteiger partial charge in [-0.15, -0.1) is 11.8 Å². The lowest BCUT2D eigenvalue weighted by atomic mass is 9.79. The Labute approximate surface area is 245 Å². The second-order valence-corrected chi connectivity index (χ2v) is 13.5. The number of nitrogens with two attached hydrogens (primary N) is 1. The summed E-state index contributed by atoms with van der Waals surface area (Å²) in [5, 5.41) is 29.3. The number of esters is 1. The van der Waals surface area contributed by atoms with Gasteiger partial charge in [-0.25, -0.2) is 14.7 Å². The lowest BCUT2D eigenvalue weighted by Gasteiger charge is -2.46. The van der Waals surface area contributed by atoms with Gasteiger partial charge in [0.2, 0.25) is 5.91 Å². The minimum absolute atomic E-state index is 0.000929. The van der Waals surface area contributed by atoms with E-state index < -0.39 is 43.5 Å². The number of hydrogen-bond acceptors (Lipinski definition) is 12. The Bertz CT molecular complexity index is 1440. The van der Waals surface area contributed by atoms with Crippen LogP contribution in [0, 0.1) is 22.0 Å². The fourth-order valence-electron chi connectivity index (χ4n) is 5.02. The maximum atomic E-state index is 13.2. The van der Waals surface area contributed by atoms with E-state index >= 15 is 0 Å². The van der Waals surface area contributed by atoms with Crippen LogP contribution in [0.2, 0.25) is 0 Å². The van der Waals surface area contributed by atoms with Gasteiger partial charge in [0.15, 0.2) is 0 Å². The van der Waals surface area contributed by atoms with Crippen molar-refractivity contribution in [2.24, 2.45) is 17.0 Å². The number of amides is 1. The number of nitro benzene ring substituents is 1. The van der Waals surface area contributed by atoms with Crippen LogP contribution in [0.25, 0.3) is 0 Å². The largest absolute Gasteiger partial charge is 0.456 e. The van der Waals surface area contributed by atoms with Gasteiger partial charge in [0.1, 0.15) is 12.3 Å². The number of non-ortho nitro benzene ring substituents is 1. The predicted octanol–water partition coefficient (Wildman–Crippen LogP) is -0.689. The summed E-state index contributed by atoms with van der Waals surface area (Å²) in [6.07, 6.45) is -0.271. The van der Waals surface area contributed by atoms with E-state index in [1.807, 2.05) is 6.92 Å². The lowest BCUT2D eigenvalue weighted by molar-refractivity contribution is -0.384. The van der Waals surface area contributed by atoms with Crippen LogP contribution in [0.1, 0.15) is 25.8 Å². The molecule has 0 radical (unpaired) electrons. The molecule has 0 aliphatic carbocycles. The van der Waals surface area contributed by atoms with Gasteiger partial charge >= 0.3 is 16.4 Å². The molecule has 0 bridgehead atoms. The summed E-state index contributed by atoms with van der Waals surface area (Å²) in [6.45, 7) is 4.01. The molecule has 1 aromatic rings. The van der Waals surface area contributed by atoms with Crippen molar-refractivity contribution >= 4 is 49.9 Å². The van der Waals surface area contributed by atoms with Crippen LogP contribution in [-0.2, 0) is 41.5 Å². The van der Waals surface area contributed by atoms with E-state index in [1.54, 1.807) is 6.92 Å². The Morgan fingerprint density at radius 1 is 1.29 bits per heavy atom. The molecule has 1 aromatic carbocycles. The van der Waals surface area contributed by atoms with Gasteiger partial charge in [-0.1, -0.05) is 6.92 Å². The van der Waals surface area contributed by atoms with Gasteiger partial charge in [-0.3, -0.25) is 24.0 Å². The van der Waals surface area contributed by atoms with E-state index in [2.05, 4.69) is 10.0 Å². The Hall–Kier alpha value is -2.69. The van der Waals surface area contributed by atoms with E-state index in [0.29, 0.717) is 23.4 Å². The molecule has 234 valence electrons. The topological polar surface area (TPSA) is 269 Å². The molecular weight excluding hydrogens is 622 g/mol. The summed E-state index contributed by atoms with van der Waals surface area (Å²) in [5.74, 6) is -1.87. The zero-order valence-electron chi connectivity index (χ0n) is 22.3. The number of fused-ring (bicyclic) bond motifs is 1. The standard InChI is InChI=1S/C22H29N5O8S2.H2O4S/c1-11-18-17(12(2)28)21(29)26(18)19(22(30)35-10-13-3-5-15(6-4-13)27(31)32)20(11)36-16-7-14(24-9-16)8-25-37(23,33)34;1-5(2,3)4/h3-6,11-12,14,16-18,24-25,28H,7-10H2,1-2H3,(H2,23,33,34);(H2,1,2,3,4)/t11-,12-,14+,16+,17-,18-;/m1./s1. The number of carbonyl (C=O) groups excluding carboxylic acids is 2. The highest BCUT2D eigenvalue weighted by Gasteiger charge is 2.60. The molecule has 4 rings (SSSR count). The van der Waals surface area contributed by atoms with E-state index in [4.69, 9.17) is 27.4 Å². The highest BCUT2D eigenvalue weighted by atomic mass is 32.3. The molecule has 6 atom stereocenters. The maximum absolute atomic E-state index is 13.2. The molecule has 0 aromatic heterocycles. The normalized spacial score (nSPS) is 26.2. The Kier molecular flexibility index (Phi) is 10.7. The highest BCUT2D eigenvalue weighted by molar-refractivity contribution is 8.03. The van der Waals surface area contributed by atoms with Crippen molar-refractivity contribution in [3.63, 3.8) is 0 Å². The number of benzene rings is 1. The summed E-state index contributed by atoms with van der Waals surface area (Å²) < 4.78 is 61.8. The first-order valence-corrected chi connectivity index (χ1v) is 16.2. The van der Waals surface area contributed by atoms with Crippen molar-refractivity contribution in [1.29, 1.82) is 0 Å². The number of thioether (sulfide) groups is 1. The molecule has 7 N–H and O–H groups in total. The summed E-state index contributed by atoms with van der Waals surface area (Å²) >= 11 is 1.44. The fraction of sp³-hybridized carbons (Fsp3) is 0.545. The van der Waals surface area contributed by atoms with Gasteiger partial charge in [-0.05, 0) is 31.0 Å². The SMILES string of the molecule is C[C@@H](O)[C@H]1C(=O)N2C(C(=O)OCc3ccc([N+](=O)[O-])cc3)=C(S[C@@H]3CN[C@H](CNS(N)(=O)=O)C3)[C@H](C)[C@H]12.O=S(=O)(O)O. The number of hydrogen-bond donors (Lipinski definition) is 6. The first-order chi connectivity index (χ1) is 19.4. The van der Waals surface area contributed by atoms with E-state index in [0.717, 1.165) is 0 Å². The molecule has 0 unspecified atom stereocenters. The fourth-order valence-corrected chi connectivity index (χ4v) is 6.97. The molecule has 0 saturated carbocycles. The van der Waals surface area contributed by atoms with Crippen molar-refractivity contribution in [2.45, 2.75) is 50.3 Å². The smallest absolute Gasteiger partial charge is 0.394 e. The lowest BCUT2D eigenvalue weighted by Crippen LogP contribution is -2.63. The van der Waals surface area contributed by atoms with E-state index in [9.17, 15) is 33.2 Å². The molecule has 3 aliphatic heterocycles.